The van der Waals surface area contributed by atoms with Gasteiger partial charge in [-0.1, -0.05) is 43.3 Å². The fraction of sp³-hybridized carbons (Fsp3) is 0.227. The molecule has 28 heavy (non-hydrogen) atoms. The summed E-state index contributed by atoms with van der Waals surface area (Å²) in [6, 6.07) is 16.2. The van der Waals surface area contributed by atoms with Gasteiger partial charge in [-0.05, 0) is 36.1 Å². The van der Waals surface area contributed by atoms with Crippen LogP contribution in [0.15, 0.2) is 64.5 Å². The lowest BCUT2D eigenvalue weighted by atomic mass is 10.0. The Bertz CT molecular complexity index is 1090. The van der Waals surface area contributed by atoms with E-state index in [0.29, 0.717) is 23.6 Å². The molecule has 1 aliphatic heterocycles. The Morgan fingerprint density at radius 3 is 2.64 bits per heavy atom. The second-order valence-corrected chi connectivity index (χ2v) is 6.74. The van der Waals surface area contributed by atoms with Crippen LogP contribution in [-0.2, 0) is 19.4 Å². The first-order valence-electron chi connectivity index (χ1n) is 9.41. The molecule has 0 saturated carbocycles. The molecule has 0 radical (unpaired) electrons. The molecule has 0 atom stereocenters. The summed E-state index contributed by atoms with van der Waals surface area (Å²) in [6.07, 6.45) is 2.35. The van der Waals surface area contributed by atoms with Crippen LogP contribution >= 0.6 is 0 Å². The van der Waals surface area contributed by atoms with E-state index in [1.165, 1.54) is 22.4 Å². The third kappa shape index (κ3) is 3.71. The molecule has 5 nitrogen and oxygen atoms in total. The third-order valence-electron chi connectivity index (χ3n) is 4.85. The number of aryl methyl sites for hydroxylation is 2. The van der Waals surface area contributed by atoms with E-state index in [9.17, 15) is 9.18 Å². The molecule has 4 rings (SSSR count). The zero-order valence-corrected chi connectivity index (χ0v) is 15.7. The molecule has 0 aliphatic carbocycles. The van der Waals surface area contributed by atoms with E-state index in [4.69, 9.17) is 0 Å². The van der Waals surface area contributed by atoms with Crippen molar-refractivity contribution in [2.24, 2.45) is 5.10 Å². The fourth-order valence-electron chi connectivity index (χ4n) is 3.26. The summed E-state index contributed by atoms with van der Waals surface area (Å²) in [7, 11) is 0. The monoisotopic (exact) mass is 376 g/mol. The number of nitrogens with zero attached hydrogens (tertiary/aromatic N) is 3. The van der Waals surface area contributed by atoms with Gasteiger partial charge in [0.25, 0.3) is 5.56 Å². The van der Waals surface area contributed by atoms with Gasteiger partial charge in [0.05, 0.1) is 23.6 Å². The van der Waals surface area contributed by atoms with Gasteiger partial charge in [0.15, 0.2) is 0 Å². The van der Waals surface area contributed by atoms with Gasteiger partial charge in [-0.3, -0.25) is 4.79 Å². The van der Waals surface area contributed by atoms with Crippen molar-refractivity contribution in [1.29, 1.82) is 0 Å². The van der Waals surface area contributed by atoms with Crippen molar-refractivity contribution in [1.82, 2.24) is 9.66 Å². The third-order valence-corrected chi connectivity index (χ3v) is 4.85. The van der Waals surface area contributed by atoms with Crippen LogP contribution in [0.4, 0.5) is 10.1 Å². The van der Waals surface area contributed by atoms with Crippen molar-refractivity contribution in [3.8, 4) is 0 Å². The molecule has 3 aromatic rings. The van der Waals surface area contributed by atoms with Crippen LogP contribution in [-0.4, -0.2) is 15.4 Å². The number of benzene rings is 2. The molecule has 0 unspecified atom stereocenters. The average molecular weight is 376 g/mol. The maximum Gasteiger partial charge on any atom is 0.274 e. The van der Waals surface area contributed by atoms with Crippen LogP contribution in [0.25, 0.3) is 0 Å². The normalized spacial score (nSPS) is 13.0. The van der Waals surface area contributed by atoms with Crippen LogP contribution in [0.2, 0.25) is 0 Å². The Morgan fingerprint density at radius 2 is 1.89 bits per heavy atom. The molecule has 2 aromatic carbocycles. The number of hydrogen-bond donors (Lipinski definition) is 1. The molecule has 0 spiro atoms. The van der Waals surface area contributed by atoms with Crippen molar-refractivity contribution < 1.29 is 4.39 Å². The maximum absolute atomic E-state index is 13.7. The van der Waals surface area contributed by atoms with Gasteiger partial charge in [-0.2, -0.15) is 9.78 Å². The Balaban J connectivity index is 1.57. The first-order chi connectivity index (χ1) is 13.6. The van der Waals surface area contributed by atoms with Crippen LogP contribution in [0.3, 0.4) is 0 Å². The molecular weight excluding hydrogens is 355 g/mol. The highest BCUT2D eigenvalue weighted by atomic mass is 19.1. The van der Waals surface area contributed by atoms with E-state index in [-0.39, 0.29) is 17.9 Å². The van der Waals surface area contributed by atoms with Gasteiger partial charge in [-0.15, -0.1) is 0 Å². The minimum Gasteiger partial charge on any atom is -0.377 e. The van der Waals surface area contributed by atoms with Gasteiger partial charge in [-0.25, -0.2) is 9.37 Å². The van der Waals surface area contributed by atoms with E-state index in [1.807, 2.05) is 12.1 Å². The summed E-state index contributed by atoms with van der Waals surface area (Å²) < 4.78 is 15.1. The van der Waals surface area contributed by atoms with Crippen molar-refractivity contribution in [3.63, 3.8) is 0 Å². The molecule has 1 N–H and O–H groups in total. The Hall–Kier alpha value is -3.28. The second-order valence-electron chi connectivity index (χ2n) is 6.74. The van der Waals surface area contributed by atoms with Crippen molar-refractivity contribution in [2.45, 2.75) is 32.7 Å². The second kappa shape index (κ2) is 7.76. The standard InChI is InChI=1S/C22H21FN4O/c1-2-15-7-9-16(10-8-15)19-11-12-21-25-17(13-22(28)27(21)26-19)14-24-20-6-4-3-5-18(20)23/h3-10,13,24H,2,11-12,14H2,1H3. The first kappa shape index (κ1) is 18.1. The van der Waals surface area contributed by atoms with Crippen molar-refractivity contribution >= 4 is 11.4 Å². The lowest BCUT2D eigenvalue weighted by molar-refractivity contribution is 0.629. The quantitative estimate of drug-likeness (QED) is 0.738. The summed E-state index contributed by atoms with van der Waals surface area (Å²) in [6.45, 7) is 2.40. The summed E-state index contributed by atoms with van der Waals surface area (Å²) in [5.74, 6) is 0.298. The lowest BCUT2D eigenvalue weighted by Gasteiger charge is -2.17. The number of para-hydroxylation sites is 1. The molecule has 0 bridgehead atoms. The minimum atomic E-state index is -0.333. The molecule has 142 valence electrons. The number of fused-ring (bicyclic) bond motifs is 1. The van der Waals surface area contributed by atoms with Gasteiger partial charge in [0.1, 0.15) is 11.6 Å². The summed E-state index contributed by atoms with van der Waals surface area (Å²) >= 11 is 0. The largest absolute Gasteiger partial charge is 0.377 e. The number of hydrogen-bond acceptors (Lipinski definition) is 4. The van der Waals surface area contributed by atoms with Gasteiger partial charge < -0.3 is 5.32 Å². The van der Waals surface area contributed by atoms with E-state index in [2.05, 4.69) is 34.5 Å². The highest BCUT2D eigenvalue weighted by molar-refractivity contribution is 6.01. The molecule has 1 aliphatic rings. The van der Waals surface area contributed by atoms with Gasteiger partial charge in [0, 0.05) is 12.5 Å². The lowest BCUT2D eigenvalue weighted by Crippen LogP contribution is -2.28. The minimum absolute atomic E-state index is 0.224. The number of rotatable bonds is 5. The van der Waals surface area contributed by atoms with E-state index in [0.717, 1.165) is 24.1 Å². The van der Waals surface area contributed by atoms with E-state index < -0.39 is 0 Å². The number of halogens is 1. The van der Waals surface area contributed by atoms with Crippen molar-refractivity contribution in [2.75, 3.05) is 5.32 Å². The highest BCUT2D eigenvalue weighted by Gasteiger charge is 2.17. The summed E-state index contributed by atoms with van der Waals surface area (Å²) in [5.41, 5.74) is 3.92. The average Bonchev–Trinajstić information content (AvgIpc) is 2.73. The predicted molar refractivity (Wildman–Crippen MR) is 108 cm³/mol. The molecular formula is C22H21FN4O. The predicted octanol–water partition coefficient (Wildman–Crippen LogP) is 3.76. The summed E-state index contributed by atoms with van der Waals surface area (Å²) in [5, 5.41) is 7.51. The molecule has 2 heterocycles. The first-order valence-corrected chi connectivity index (χ1v) is 9.41. The molecule has 1 aromatic heterocycles. The van der Waals surface area contributed by atoms with Crippen LogP contribution in [0.5, 0.6) is 0 Å². The van der Waals surface area contributed by atoms with E-state index >= 15 is 0 Å². The van der Waals surface area contributed by atoms with Gasteiger partial charge in [0.2, 0.25) is 0 Å². The molecule has 6 heteroatoms. The SMILES string of the molecule is CCc1ccc(C2=Nn3c(nc(CNc4ccccc4F)cc3=O)CC2)cc1. The van der Waals surface area contributed by atoms with E-state index in [1.54, 1.807) is 18.2 Å². The number of nitrogens with one attached hydrogen (secondary N) is 1. The fourth-order valence-corrected chi connectivity index (χ4v) is 3.26. The molecule has 0 fully saturated rings. The topological polar surface area (TPSA) is 59.3 Å². The zero-order valence-electron chi connectivity index (χ0n) is 15.7. The van der Waals surface area contributed by atoms with Crippen LogP contribution in [0, 0.1) is 5.82 Å². The molecule has 0 amide bonds. The summed E-state index contributed by atoms with van der Waals surface area (Å²) in [4.78, 5) is 17.1. The van der Waals surface area contributed by atoms with Crippen molar-refractivity contribution in [3.05, 3.63) is 93.4 Å². The van der Waals surface area contributed by atoms with Crippen LogP contribution < -0.4 is 10.9 Å². The Morgan fingerprint density at radius 1 is 1.11 bits per heavy atom. The molecule has 0 saturated heterocycles. The number of aromatic nitrogens is 2. The van der Waals surface area contributed by atoms with Gasteiger partial charge >= 0.3 is 0 Å². The smallest absolute Gasteiger partial charge is 0.274 e. The Kier molecular flexibility index (Phi) is 5.02. The van der Waals surface area contributed by atoms with Crippen LogP contribution in [0.1, 0.15) is 36.0 Å². The number of anilines is 1. The maximum atomic E-state index is 13.7. The highest BCUT2D eigenvalue weighted by Crippen LogP contribution is 2.16. The Labute approximate surface area is 162 Å². The zero-order chi connectivity index (χ0) is 19.5.